The monoisotopic (exact) mass is 389 g/mol. The predicted octanol–water partition coefficient (Wildman–Crippen LogP) is 2.10. The average molecular weight is 390 g/mol. The van der Waals surface area contributed by atoms with Crippen LogP contribution in [0.5, 0.6) is 0 Å². The number of likely N-dealkylation sites (tertiary alicyclic amines) is 1. The summed E-state index contributed by atoms with van der Waals surface area (Å²) in [4.78, 5) is 26.8. The first-order valence-electron chi connectivity index (χ1n) is 9.91. The maximum atomic E-state index is 12.6. The van der Waals surface area contributed by atoms with Crippen molar-refractivity contribution in [2.45, 2.75) is 70.9 Å². The van der Waals surface area contributed by atoms with Crippen LogP contribution in [0, 0.1) is 11.8 Å². The van der Waals surface area contributed by atoms with Gasteiger partial charge in [-0.3, -0.25) is 9.59 Å². The summed E-state index contributed by atoms with van der Waals surface area (Å²) in [5.41, 5.74) is 6.01. The number of hydrogen-bond donors (Lipinski definition) is 2. The Morgan fingerprint density at radius 3 is 2.46 bits per heavy atom. The molecule has 2 atom stereocenters. The molecule has 2 rings (SSSR count). The normalized spacial score (nSPS) is 24.2. The molecule has 1 aliphatic heterocycles. The summed E-state index contributed by atoms with van der Waals surface area (Å²) in [6.45, 7) is 6.74. The van der Waals surface area contributed by atoms with Crippen molar-refractivity contribution in [3.05, 3.63) is 0 Å². The van der Waals surface area contributed by atoms with Gasteiger partial charge in [0.25, 0.3) is 0 Å². The van der Waals surface area contributed by atoms with Crippen molar-refractivity contribution in [1.82, 2.24) is 10.2 Å². The van der Waals surface area contributed by atoms with Crippen molar-refractivity contribution in [3.63, 3.8) is 0 Å². The van der Waals surface area contributed by atoms with Crippen molar-refractivity contribution < 1.29 is 14.3 Å². The van der Waals surface area contributed by atoms with Crippen LogP contribution in [0.3, 0.4) is 0 Å². The molecular formula is C19H36ClN3O3. The number of nitrogens with two attached hydrogens (primary N) is 1. The third kappa shape index (κ3) is 7.41. The van der Waals surface area contributed by atoms with E-state index >= 15 is 0 Å². The molecule has 1 saturated carbocycles. The number of rotatable bonds is 7. The highest BCUT2D eigenvalue weighted by Crippen LogP contribution is 2.27. The predicted molar refractivity (Wildman–Crippen MR) is 105 cm³/mol. The number of piperidine rings is 1. The van der Waals surface area contributed by atoms with E-state index in [2.05, 4.69) is 5.32 Å². The maximum absolute atomic E-state index is 12.6. The van der Waals surface area contributed by atoms with E-state index < -0.39 is 0 Å². The van der Waals surface area contributed by atoms with E-state index in [1.54, 1.807) is 0 Å². The van der Waals surface area contributed by atoms with Gasteiger partial charge in [-0.15, -0.1) is 12.4 Å². The molecule has 0 aromatic rings. The molecule has 152 valence electrons. The minimum absolute atomic E-state index is 0. The lowest BCUT2D eigenvalue weighted by molar-refractivity contribution is -0.140. The number of carbonyl (C=O) groups excluding carboxylic acids is 2. The molecule has 1 heterocycles. The summed E-state index contributed by atoms with van der Waals surface area (Å²) < 4.78 is 5.47. The van der Waals surface area contributed by atoms with Crippen LogP contribution < -0.4 is 11.1 Å². The summed E-state index contributed by atoms with van der Waals surface area (Å²) in [5.74, 6) is 0.495. The van der Waals surface area contributed by atoms with Gasteiger partial charge in [-0.2, -0.15) is 0 Å². The molecule has 2 amide bonds. The lowest BCUT2D eigenvalue weighted by Crippen LogP contribution is -2.46. The molecule has 0 aromatic heterocycles. The van der Waals surface area contributed by atoms with Crippen molar-refractivity contribution >= 4 is 24.2 Å². The summed E-state index contributed by atoms with van der Waals surface area (Å²) in [7, 11) is 0. The summed E-state index contributed by atoms with van der Waals surface area (Å²) >= 11 is 0. The van der Waals surface area contributed by atoms with Crippen molar-refractivity contribution in [2.24, 2.45) is 17.6 Å². The van der Waals surface area contributed by atoms with Gasteiger partial charge < -0.3 is 20.7 Å². The third-order valence-corrected chi connectivity index (χ3v) is 5.31. The highest BCUT2D eigenvalue weighted by atomic mass is 35.5. The Kier molecular flexibility index (Phi) is 10.5. The second kappa shape index (κ2) is 11.8. The molecule has 2 aliphatic rings. The summed E-state index contributed by atoms with van der Waals surface area (Å²) in [5, 5.41) is 3.00. The SMILES string of the molecule is CC(C)OCCCNC(=O)C1CCN(C(=O)C2CCCC(N)C2)CC1.Cl. The fraction of sp³-hybridized carbons (Fsp3) is 0.895. The molecule has 0 radical (unpaired) electrons. The number of nitrogens with one attached hydrogen (secondary N) is 1. The van der Waals surface area contributed by atoms with Crippen molar-refractivity contribution in [3.8, 4) is 0 Å². The van der Waals surface area contributed by atoms with Gasteiger partial charge in [0.15, 0.2) is 0 Å². The van der Waals surface area contributed by atoms with Crippen molar-refractivity contribution in [2.75, 3.05) is 26.2 Å². The Bertz CT molecular complexity index is 440. The molecule has 3 N–H and O–H groups in total. The third-order valence-electron chi connectivity index (χ3n) is 5.31. The van der Waals surface area contributed by atoms with Crippen LogP contribution in [0.4, 0.5) is 0 Å². The number of hydrogen-bond acceptors (Lipinski definition) is 4. The number of amides is 2. The highest BCUT2D eigenvalue weighted by molar-refractivity contribution is 5.85. The molecule has 6 nitrogen and oxygen atoms in total. The van der Waals surface area contributed by atoms with Crippen LogP contribution in [-0.2, 0) is 14.3 Å². The molecular weight excluding hydrogens is 354 g/mol. The largest absolute Gasteiger partial charge is 0.379 e. The number of halogens is 1. The quantitative estimate of drug-likeness (QED) is 0.653. The second-order valence-electron chi connectivity index (χ2n) is 7.79. The molecule has 1 saturated heterocycles. The van der Waals surface area contributed by atoms with Gasteiger partial charge in [0.1, 0.15) is 0 Å². The number of nitrogens with zero attached hydrogens (tertiary/aromatic N) is 1. The average Bonchev–Trinajstić information content (AvgIpc) is 2.60. The van der Waals surface area contributed by atoms with Crippen LogP contribution in [0.25, 0.3) is 0 Å². The molecule has 2 unspecified atom stereocenters. The Morgan fingerprint density at radius 1 is 1.15 bits per heavy atom. The minimum atomic E-state index is 0. The van der Waals surface area contributed by atoms with Crippen LogP contribution in [0.1, 0.15) is 58.8 Å². The van der Waals surface area contributed by atoms with E-state index in [9.17, 15) is 9.59 Å². The summed E-state index contributed by atoms with van der Waals surface area (Å²) in [6.07, 6.45) is 6.46. The molecule has 0 aromatic carbocycles. The number of carbonyl (C=O) groups is 2. The Morgan fingerprint density at radius 2 is 1.85 bits per heavy atom. The molecule has 1 aliphatic carbocycles. The molecule has 7 heteroatoms. The van der Waals surface area contributed by atoms with E-state index in [0.717, 1.165) is 44.9 Å². The molecule has 0 bridgehead atoms. The zero-order valence-corrected chi connectivity index (χ0v) is 17.1. The Labute approximate surface area is 164 Å². The van der Waals surface area contributed by atoms with Gasteiger partial charge in [0, 0.05) is 44.1 Å². The lowest BCUT2D eigenvalue weighted by atomic mass is 9.84. The van der Waals surface area contributed by atoms with E-state index in [-0.39, 0.29) is 48.2 Å². The molecule has 2 fully saturated rings. The van der Waals surface area contributed by atoms with Crippen LogP contribution >= 0.6 is 12.4 Å². The number of ether oxygens (including phenoxy) is 1. The first kappa shape index (κ1) is 23.2. The Balaban J connectivity index is 0.00000338. The molecule has 26 heavy (non-hydrogen) atoms. The highest BCUT2D eigenvalue weighted by Gasteiger charge is 2.32. The van der Waals surface area contributed by atoms with E-state index in [4.69, 9.17) is 10.5 Å². The van der Waals surface area contributed by atoms with Crippen molar-refractivity contribution in [1.29, 1.82) is 0 Å². The zero-order valence-electron chi connectivity index (χ0n) is 16.2. The van der Waals surface area contributed by atoms with E-state index in [0.29, 0.717) is 26.2 Å². The van der Waals surface area contributed by atoms with Crippen LogP contribution in [0.15, 0.2) is 0 Å². The van der Waals surface area contributed by atoms with Gasteiger partial charge in [-0.05, 0) is 52.4 Å². The topological polar surface area (TPSA) is 84.7 Å². The first-order chi connectivity index (χ1) is 12.0. The standard InChI is InChI=1S/C19H35N3O3.ClH/c1-14(2)25-12-4-9-21-18(23)15-7-10-22(11-8-15)19(24)16-5-3-6-17(20)13-16;/h14-17H,3-13,20H2,1-2H3,(H,21,23);1H. The molecule has 0 spiro atoms. The van der Waals surface area contributed by atoms with Gasteiger partial charge in [-0.25, -0.2) is 0 Å². The van der Waals surface area contributed by atoms with Crippen LogP contribution in [-0.4, -0.2) is 55.1 Å². The first-order valence-corrected chi connectivity index (χ1v) is 9.91. The van der Waals surface area contributed by atoms with E-state index in [1.165, 1.54) is 0 Å². The van der Waals surface area contributed by atoms with Gasteiger partial charge in [0.05, 0.1) is 6.10 Å². The van der Waals surface area contributed by atoms with Gasteiger partial charge in [0.2, 0.25) is 11.8 Å². The fourth-order valence-corrected chi connectivity index (χ4v) is 3.82. The second-order valence-corrected chi connectivity index (χ2v) is 7.79. The van der Waals surface area contributed by atoms with Gasteiger partial charge >= 0.3 is 0 Å². The smallest absolute Gasteiger partial charge is 0.225 e. The lowest BCUT2D eigenvalue weighted by Gasteiger charge is -2.35. The van der Waals surface area contributed by atoms with E-state index in [1.807, 2.05) is 18.7 Å². The van der Waals surface area contributed by atoms with Gasteiger partial charge in [-0.1, -0.05) is 6.42 Å². The fourth-order valence-electron chi connectivity index (χ4n) is 3.82. The zero-order chi connectivity index (χ0) is 18.2. The van der Waals surface area contributed by atoms with Crippen LogP contribution in [0.2, 0.25) is 0 Å². The Hall–Kier alpha value is -0.850. The maximum Gasteiger partial charge on any atom is 0.225 e. The summed E-state index contributed by atoms with van der Waals surface area (Å²) in [6, 6.07) is 0.172. The minimum Gasteiger partial charge on any atom is -0.379 e.